The first-order valence-corrected chi connectivity index (χ1v) is 4.59. The highest BCUT2D eigenvalue weighted by Crippen LogP contribution is 2.29. The van der Waals surface area contributed by atoms with Gasteiger partial charge in [0.25, 0.3) is 0 Å². The number of amides is 1. The molecule has 1 unspecified atom stereocenters. The second-order valence-electron chi connectivity index (χ2n) is 3.36. The van der Waals surface area contributed by atoms with Crippen LogP contribution < -0.4 is 10.9 Å². The van der Waals surface area contributed by atoms with Crippen LogP contribution in [0.2, 0.25) is 0 Å². The van der Waals surface area contributed by atoms with Crippen LogP contribution >= 0.6 is 0 Å². The van der Waals surface area contributed by atoms with E-state index in [9.17, 15) is 4.79 Å². The maximum atomic E-state index is 10.3. The standard InChI is InChI=1S/C10H12N2O2/c13-10(14)12-11-9-6-5-7-3-1-2-4-8(7)9/h1-4,9,11-12H,5-6H2,(H,13,14). The van der Waals surface area contributed by atoms with E-state index in [1.54, 1.807) is 0 Å². The molecule has 1 aromatic carbocycles. The minimum atomic E-state index is -1.05. The van der Waals surface area contributed by atoms with Crippen LogP contribution in [0, 0.1) is 0 Å². The zero-order valence-electron chi connectivity index (χ0n) is 7.66. The molecule has 1 aliphatic rings. The summed E-state index contributed by atoms with van der Waals surface area (Å²) in [5.74, 6) is 0. The molecule has 1 atom stereocenters. The summed E-state index contributed by atoms with van der Waals surface area (Å²) in [6.45, 7) is 0. The summed E-state index contributed by atoms with van der Waals surface area (Å²) in [5, 5.41) is 8.45. The Labute approximate surface area is 81.9 Å². The van der Waals surface area contributed by atoms with Crippen LogP contribution in [0.5, 0.6) is 0 Å². The van der Waals surface area contributed by atoms with Crippen molar-refractivity contribution in [1.29, 1.82) is 0 Å². The molecule has 0 saturated heterocycles. The predicted octanol–water partition coefficient (Wildman–Crippen LogP) is 1.45. The number of rotatable bonds is 2. The normalized spacial score (nSPS) is 19.0. The molecule has 0 radical (unpaired) electrons. The first kappa shape index (κ1) is 9.02. The Morgan fingerprint density at radius 3 is 3.00 bits per heavy atom. The van der Waals surface area contributed by atoms with Crippen molar-refractivity contribution in [2.24, 2.45) is 0 Å². The van der Waals surface area contributed by atoms with Crippen molar-refractivity contribution in [3.05, 3.63) is 35.4 Å². The molecule has 14 heavy (non-hydrogen) atoms. The van der Waals surface area contributed by atoms with Crippen molar-refractivity contribution in [2.75, 3.05) is 0 Å². The molecule has 0 aromatic heterocycles. The Morgan fingerprint density at radius 1 is 1.43 bits per heavy atom. The first-order valence-electron chi connectivity index (χ1n) is 4.59. The molecule has 2 rings (SSSR count). The van der Waals surface area contributed by atoms with Crippen LogP contribution in [-0.4, -0.2) is 11.2 Å². The fourth-order valence-electron chi connectivity index (χ4n) is 1.86. The minimum Gasteiger partial charge on any atom is -0.464 e. The van der Waals surface area contributed by atoms with Gasteiger partial charge < -0.3 is 5.11 Å². The van der Waals surface area contributed by atoms with Gasteiger partial charge in [0.2, 0.25) is 0 Å². The number of nitrogens with one attached hydrogen (secondary N) is 2. The molecule has 3 N–H and O–H groups in total. The van der Waals surface area contributed by atoms with Crippen molar-refractivity contribution in [2.45, 2.75) is 18.9 Å². The van der Waals surface area contributed by atoms with Crippen LogP contribution in [0.3, 0.4) is 0 Å². The van der Waals surface area contributed by atoms with Gasteiger partial charge >= 0.3 is 6.09 Å². The van der Waals surface area contributed by atoms with Crippen molar-refractivity contribution >= 4 is 6.09 Å². The smallest absolute Gasteiger partial charge is 0.419 e. The third kappa shape index (κ3) is 1.70. The number of hydrazine groups is 1. The van der Waals surface area contributed by atoms with Gasteiger partial charge in [0.1, 0.15) is 0 Å². The second kappa shape index (κ2) is 3.67. The van der Waals surface area contributed by atoms with Crippen LogP contribution in [-0.2, 0) is 6.42 Å². The molecule has 0 fully saturated rings. The lowest BCUT2D eigenvalue weighted by molar-refractivity contribution is 0.186. The van der Waals surface area contributed by atoms with Gasteiger partial charge in [0, 0.05) is 0 Å². The topological polar surface area (TPSA) is 61.4 Å². The van der Waals surface area contributed by atoms with Gasteiger partial charge in [0.05, 0.1) is 6.04 Å². The molecular formula is C10H12N2O2. The molecule has 0 heterocycles. The van der Waals surface area contributed by atoms with E-state index in [-0.39, 0.29) is 6.04 Å². The zero-order chi connectivity index (χ0) is 9.97. The van der Waals surface area contributed by atoms with E-state index in [0.717, 1.165) is 12.8 Å². The SMILES string of the molecule is O=C(O)NNC1CCc2ccccc21. The van der Waals surface area contributed by atoms with Gasteiger partial charge in [-0.3, -0.25) is 5.43 Å². The van der Waals surface area contributed by atoms with Gasteiger partial charge in [-0.15, -0.1) is 0 Å². The summed E-state index contributed by atoms with van der Waals surface area (Å²) in [5.41, 5.74) is 7.48. The molecule has 0 aliphatic heterocycles. The van der Waals surface area contributed by atoms with Gasteiger partial charge in [-0.05, 0) is 24.0 Å². The summed E-state index contributed by atoms with van der Waals surface area (Å²) in [4.78, 5) is 10.3. The van der Waals surface area contributed by atoms with Gasteiger partial charge in [-0.1, -0.05) is 24.3 Å². The summed E-state index contributed by atoms with van der Waals surface area (Å²) in [6, 6.07) is 8.20. The average molecular weight is 192 g/mol. The number of hydrogen-bond donors (Lipinski definition) is 3. The van der Waals surface area contributed by atoms with Crippen molar-refractivity contribution < 1.29 is 9.90 Å². The van der Waals surface area contributed by atoms with Gasteiger partial charge in [0.15, 0.2) is 0 Å². The third-order valence-electron chi connectivity index (χ3n) is 2.49. The van der Waals surface area contributed by atoms with Crippen LogP contribution in [0.4, 0.5) is 4.79 Å². The molecule has 0 bridgehead atoms. The average Bonchev–Trinajstić information content (AvgIpc) is 2.58. The largest absolute Gasteiger partial charge is 0.464 e. The molecule has 4 nitrogen and oxygen atoms in total. The second-order valence-corrected chi connectivity index (χ2v) is 3.36. The zero-order valence-corrected chi connectivity index (χ0v) is 7.66. The monoisotopic (exact) mass is 192 g/mol. The highest BCUT2D eigenvalue weighted by atomic mass is 16.4. The first-order chi connectivity index (χ1) is 6.77. The number of benzene rings is 1. The fraction of sp³-hybridized carbons (Fsp3) is 0.300. The summed E-state index contributed by atoms with van der Waals surface area (Å²) >= 11 is 0. The Hall–Kier alpha value is -1.55. The Kier molecular flexibility index (Phi) is 2.37. The Bertz CT molecular complexity index is 352. The molecule has 1 aromatic rings. The fourth-order valence-corrected chi connectivity index (χ4v) is 1.86. The lowest BCUT2D eigenvalue weighted by Crippen LogP contribution is -2.38. The maximum absolute atomic E-state index is 10.3. The molecule has 4 heteroatoms. The van der Waals surface area contributed by atoms with Crippen molar-refractivity contribution in [1.82, 2.24) is 10.9 Å². The lowest BCUT2D eigenvalue weighted by atomic mass is 10.1. The summed E-state index contributed by atoms with van der Waals surface area (Å²) in [6.07, 6.45) is 0.906. The summed E-state index contributed by atoms with van der Waals surface area (Å²) in [7, 11) is 0. The number of fused-ring (bicyclic) bond motifs is 1. The van der Waals surface area contributed by atoms with Crippen LogP contribution in [0.25, 0.3) is 0 Å². The lowest BCUT2D eigenvalue weighted by Gasteiger charge is -2.12. The number of carbonyl (C=O) groups is 1. The Morgan fingerprint density at radius 2 is 2.21 bits per heavy atom. The predicted molar refractivity (Wildman–Crippen MR) is 51.8 cm³/mol. The Balaban J connectivity index is 2.07. The molecule has 0 spiro atoms. The van der Waals surface area contributed by atoms with E-state index in [0.29, 0.717) is 0 Å². The van der Waals surface area contributed by atoms with Crippen LogP contribution in [0.15, 0.2) is 24.3 Å². The van der Waals surface area contributed by atoms with E-state index >= 15 is 0 Å². The van der Waals surface area contributed by atoms with E-state index in [1.165, 1.54) is 11.1 Å². The van der Waals surface area contributed by atoms with Crippen molar-refractivity contribution in [3.63, 3.8) is 0 Å². The summed E-state index contributed by atoms with van der Waals surface area (Å²) < 4.78 is 0. The number of hydrogen-bond acceptors (Lipinski definition) is 2. The number of carboxylic acid groups (broad SMARTS) is 1. The highest BCUT2D eigenvalue weighted by Gasteiger charge is 2.21. The third-order valence-corrected chi connectivity index (χ3v) is 2.49. The molecule has 1 aliphatic carbocycles. The minimum absolute atomic E-state index is 0.113. The van der Waals surface area contributed by atoms with E-state index in [2.05, 4.69) is 16.9 Å². The van der Waals surface area contributed by atoms with Gasteiger partial charge in [-0.25, -0.2) is 10.2 Å². The van der Waals surface area contributed by atoms with E-state index < -0.39 is 6.09 Å². The van der Waals surface area contributed by atoms with E-state index in [1.807, 2.05) is 18.2 Å². The van der Waals surface area contributed by atoms with E-state index in [4.69, 9.17) is 5.11 Å². The maximum Gasteiger partial charge on any atom is 0.419 e. The van der Waals surface area contributed by atoms with Crippen molar-refractivity contribution in [3.8, 4) is 0 Å². The van der Waals surface area contributed by atoms with Crippen LogP contribution in [0.1, 0.15) is 23.6 Å². The van der Waals surface area contributed by atoms with Gasteiger partial charge in [-0.2, -0.15) is 0 Å². The quantitative estimate of drug-likeness (QED) is 0.621. The molecule has 0 saturated carbocycles. The molecule has 1 amide bonds. The molecule has 74 valence electrons. The highest BCUT2D eigenvalue weighted by molar-refractivity contribution is 5.63. The number of aryl methyl sites for hydroxylation is 1. The molecular weight excluding hydrogens is 180 g/mol.